The molecule has 1 aromatic carbocycles. The molecule has 1 aromatic heterocycles. The Balaban J connectivity index is 1.66. The van der Waals surface area contributed by atoms with Crippen molar-refractivity contribution in [1.82, 2.24) is 15.5 Å². The first kappa shape index (κ1) is 23.9. The van der Waals surface area contributed by atoms with Gasteiger partial charge in [-0.2, -0.15) is 11.8 Å². The van der Waals surface area contributed by atoms with Crippen LogP contribution in [-0.2, 0) is 4.79 Å². The van der Waals surface area contributed by atoms with Gasteiger partial charge in [0.25, 0.3) is 5.91 Å². The van der Waals surface area contributed by atoms with Crippen molar-refractivity contribution in [2.24, 2.45) is 0 Å². The van der Waals surface area contributed by atoms with Crippen LogP contribution in [0.1, 0.15) is 47.8 Å². The number of amides is 2. The first-order valence-electron chi connectivity index (χ1n) is 10.7. The Hall–Kier alpha value is -1.77. The summed E-state index contributed by atoms with van der Waals surface area (Å²) in [5.74, 6) is 1.22. The molecule has 6 nitrogen and oxygen atoms in total. The number of hydrogen-bond donors (Lipinski definition) is 2. The van der Waals surface area contributed by atoms with Crippen LogP contribution in [0.5, 0.6) is 0 Å². The summed E-state index contributed by atoms with van der Waals surface area (Å²) in [5.41, 5.74) is 0.520. The molecule has 2 aromatic rings. The Labute approximate surface area is 196 Å². The zero-order valence-electron chi connectivity index (χ0n) is 17.8. The standard InChI is InChI=1S/C23H30BrN3O3S/c1-31-15-11-19(26-22(28)17-8-3-4-9-18(17)24)23(29)25-16-20(21-10-7-14-30-21)27-12-5-2-6-13-27/h3-4,7-10,14,19-20H,2,5-6,11-13,15-16H2,1H3,(H,25,29)(H,26,28)/t19-,20+/m0/s1. The van der Waals surface area contributed by atoms with E-state index in [0.717, 1.165) is 37.4 Å². The number of hydrogen-bond acceptors (Lipinski definition) is 5. The van der Waals surface area contributed by atoms with Gasteiger partial charge in [0.1, 0.15) is 11.8 Å². The van der Waals surface area contributed by atoms with Crippen LogP contribution in [0.15, 0.2) is 51.6 Å². The fraction of sp³-hybridized carbons (Fsp3) is 0.478. The first-order valence-corrected chi connectivity index (χ1v) is 12.9. The highest BCUT2D eigenvalue weighted by molar-refractivity contribution is 9.10. The van der Waals surface area contributed by atoms with Crippen LogP contribution in [-0.4, -0.2) is 54.4 Å². The molecule has 168 valence electrons. The summed E-state index contributed by atoms with van der Waals surface area (Å²) in [6.45, 7) is 2.44. The topological polar surface area (TPSA) is 74.6 Å². The minimum Gasteiger partial charge on any atom is -0.468 e. The van der Waals surface area contributed by atoms with Crippen LogP contribution in [0.25, 0.3) is 0 Å². The van der Waals surface area contributed by atoms with Crippen molar-refractivity contribution in [3.63, 3.8) is 0 Å². The summed E-state index contributed by atoms with van der Waals surface area (Å²) >= 11 is 5.07. The molecule has 0 radical (unpaired) electrons. The molecule has 1 aliphatic heterocycles. The number of benzene rings is 1. The molecule has 2 N–H and O–H groups in total. The van der Waals surface area contributed by atoms with Gasteiger partial charge in [-0.25, -0.2) is 0 Å². The summed E-state index contributed by atoms with van der Waals surface area (Å²) in [5, 5.41) is 5.99. The summed E-state index contributed by atoms with van der Waals surface area (Å²) in [6, 6.07) is 10.5. The third kappa shape index (κ3) is 6.85. The van der Waals surface area contributed by atoms with E-state index >= 15 is 0 Å². The van der Waals surface area contributed by atoms with Crippen molar-refractivity contribution in [1.29, 1.82) is 0 Å². The molecule has 0 aliphatic carbocycles. The Kier molecular flexibility index (Phi) is 9.49. The highest BCUT2D eigenvalue weighted by Gasteiger charge is 2.27. The zero-order chi connectivity index (χ0) is 22.1. The second-order valence-electron chi connectivity index (χ2n) is 7.66. The molecule has 0 spiro atoms. The van der Waals surface area contributed by atoms with Crippen molar-refractivity contribution in [2.45, 2.75) is 37.8 Å². The van der Waals surface area contributed by atoms with Crippen molar-refractivity contribution in [3.05, 3.63) is 58.5 Å². The summed E-state index contributed by atoms with van der Waals surface area (Å²) in [4.78, 5) is 28.2. The lowest BCUT2D eigenvalue weighted by atomic mass is 10.1. The Morgan fingerprint density at radius 3 is 2.61 bits per heavy atom. The van der Waals surface area contributed by atoms with E-state index in [9.17, 15) is 9.59 Å². The maximum atomic E-state index is 13.1. The van der Waals surface area contributed by atoms with E-state index < -0.39 is 6.04 Å². The van der Waals surface area contributed by atoms with Crippen LogP contribution < -0.4 is 10.6 Å². The van der Waals surface area contributed by atoms with Crippen LogP contribution in [0.4, 0.5) is 0 Å². The molecule has 31 heavy (non-hydrogen) atoms. The SMILES string of the molecule is CSCC[C@H](NC(=O)c1ccccc1Br)C(=O)NC[C@H](c1ccco1)N1CCCCC1. The van der Waals surface area contributed by atoms with Crippen molar-refractivity contribution < 1.29 is 14.0 Å². The Morgan fingerprint density at radius 1 is 1.16 bits per heavy atom. The van der Waals surface area contributed by atoms with E-state index in [4.69, 9.17) is 4.42 Å². The maximum Gasteiger partial charge on any atom is 0.253 e. The number of carbonyl (C=O) groups excluding carboxylic acids is 2. The predicted molar refractivity (Wildman–Crippen MR) is 128 cm³/mol. The van der Waals surface area contributed by atoms with Gasteiger partial charge in [0.2, 0.25) is 5.91 Å². The van der Waals surface area contributed by atoms with E-state index in [1.165, 1.54) is 6.42 Å². The van der Waals surface area contributed by atoms with E-state index in [1.54, 1.807) is 24.1 Å². The molecule has 1 fully saturated rings. The lowest BCUT2D eigenvalue weighted by Gasteiger charge is -2.33. The van der Waals surface area contributed by atoms with Crippen LogP contribution in [0, 0.1) is 0 Å². The first-order chi connectivity index (χ1) is 15.1. The number of piperidine rings is 1. The minimum absolute atomic E-state index is 0.000538. The second-order valence-corrected chi connectivity index (χ2v) is 9.50. The Morgan fingerprint density at radius 2 is 1.94 bits per heavy atom. The minimum atomic E-state index is -0.592. The predicted octanol–water partition coefficient (Wildman–Crippen LogP) is 4.24. The molecule has 1 saturated heterocycles. The number of thioether (sulfide) groups is 1. The molecule has 0 unspecified atom stereocenters. The van der Waals surface area contributed by atoms with Gasteiger partial charge in [0, 0.05) is 11.0 Å². The van der Waals surface area contributed by atoms with Crippen molar-refractivity contribution in [3.8, 4) is 0 Å². The van der Waals surface area contributed by atoms with Gasteiger partial charge < -0.3 is 15.1 Å². The molecule has 2 amide bonds. The normalized spacial score (nSPS) is 16.5. The van der Waals surface area contributed by atoms with Crippen LogP contribution in [0.2, 0.25) is 0 Å². The quantitative estimate of drug-likeness (QED) is 0.503. The number of rotatable bonds is 10. The molecule has 0 bridgehead atoms. The fourth-order valence-electron chi connectivity index (χ4n) is 3.83. The van der Waals surface area contributed by atoms with Crippen LogP contribution >= 0.6 is 27.7 Å². The van der Waals surface area contributed by atoms with Gasteiger partial charge >= 0.3 is 0 Å². The van der Waals surface area contributed by atoms with Gasteiger partial charge in [-0.05, 0) is 84.6 Å². The van der Waals surface area contributed by atoms with Gasteiger partial charge in [-0.3, -0.25) is 14.5 Å². The fourth-order valence-corrected chi connectivity index (χ4v) is 4.76. The number of furan rings is 1. The van der Waals surface area contributed by atoms with E-state index in [1.807, 2.05) is 36.6 Å². The molecular weight excluding hydrogens is 478 g/mol. The monoisotopic (exact) mass is 507 g/mol. The summed E-state index contributed by atoms with van der Waals surface area (Å²) < 4.78 is 6.38. The number of nitrogens with zero attached hydrogens (tertiary/aromatic N) is 1. The maximum absolute atomic E-state index is 13.1. The zero-order valence-corrected chi connectivity index (χ0v) is 20.2. The number of carbonyl (C=O) groups is 2. The van der Waals surface area contributed by atoms with Crippen LogP contribution in [0.3, 0.4) is 0 Å². The van der Waals surface area contributed by atoms with E-state index in [0.29, 0.717) is 23.0 Å². The average molecular weight is 508 g/mol. The van der Waals surface area contributed by atoms with Crippen molar-refractivity contribution in [2.75, 3.05) is 31.6 Å². The molecular formula is C23H30BrN3O3S. The third-order valence-corrected chi connectivity index (χ3v) is 6.86. The lowest BCUT2D eigenvalue weighted by molar-refractivity contribution is -0.123. The molecule has 1 aliphatic rings. The average Bonchev–Trinajstić information content (AvgIpc) is 3.32. The van der Waals surface area contributed by atoms with Crippen molar-refractivity contribution >= 4 is 39.5 Å². The molecule has 0 saturated carbocycles. The Bertz CT molecular complexity index is 840. The van der Waals surface area contributed by atoms with Gasteiger partial charge in [-0.15, -0.1) is 0 Å². The second kappa shape index (κ2) is 12.3. The largest absolute Gasteiger partial charge is 0.468 e. The van der Waals surface area contributed by atoms with E-state index in [2.05, 4.69) is 31.5 Å². The number of halogens is 1. The molecule has 2 atom stereocenters. The highest BCUT2D eigenvalue weighted by Crippen LogP contribution is 2.24. The third-order valence-electron chi connectivity index (χ3n) is 5.52. The number of nitrogens with one attached hydrogen (secondary N) is 2. The molecule has 3 rings (SSSR count). The summed E-state index contributed by atoms with van der Waals surface area (Å²) in [7, 11) is 0. The van der Waals surface area contributed by atoms with Gasteiger partial charge in [-0.1, -0.05) is 18.6 Å². The van der Waals surface area contributed by atoms with Gasteiger partial charge in [0.05, 0.1) is 17.9 Å². The lowest BCUT2D eigenvalue weighted by Crippen LogP contribution is -2.49. The molecule has 8 heteroatoms. The summed E-state index contributed by atoms with van der Waals surface area (Å²) in [6.07, 6.45) is 7.79. The molecule has 2 heterocycles. The number of likely N-dealkylation sites (tertiary alicyclic amines) is 1. The van der Waals surface area contributed by atoms with Gasteiger partial charge in [0.15, 0.2) is 0 Å². The highest BCUT2D eigenvalue weighted by atomic mass is 79.9. The van der Waals surface area contributed by atoms with E-state index in [-0.39, 0.29) is 17.9 Å². The smallest absolute Gasteiger partial charge is 0.253 e.